The van der Waals surface area contributed by atoms with E-state index in [2.05, 4.69) is 0 Å². The Bertz CT molecular complexity index is 1000. The fourth-order valence-corrected chi connectivity index (χ4v) is 5.32. The molecule has 152 valence electrons. The summed E-state index contributed by atoms with van der Waals surface area (Å²) in [6.45, 7) is 1.65. The number of phenols is 1. The van der Waals surface area contributed by atoms with Gasteiger partial charge in [-0.1, -0.05) is 19.1 Å². The standard InChI is InChI=1S/C20H19NO8/c1-6-7-3-2-4-9(22)12(7)16(25)14-11(6)15(24)8-5-10(23)13(19(21)28)17(26)20(8,29)18(14)27/h2-4,6,8,11,13-15,22,24,29H,5H2,1H3,(H2,21,28)/t6-,8+,11+,13?,14?,15+,20+/m0/s1. The van der Waals surface area contributed by atoms with E-state index in [4.69, 9.17) is 5.73 Å². The molecule has 4 rings (SSSR count). The first kappa shape index (κ1) is 19.4. The molecule has 2 saturated carbocycles. The molecule has 0 radical (unpaired) electrons. The summed E-state index contributed by atoms with van der Waals surface area (Å²) in [5.74, 6) is -12.6. The highest BCUT2D eigenvalue weighted by atomic mass is 16.3. The minimum Gasteiger partial charge on any atom is -0.507 e. The predicted molar refractivity (Wildman–Crippen MR) is 94.6 cm³/mol. The molecule has 0 spiro atoms. The van der Waals surface area contributed by atoms with E-state index in [0.29, 0.717) is 5.56 Å². The average molecular weight is 401 g/mol. The molecule has 0 saturated heterocycles. The Kier molecular flexibility index (Phi) is 4.04. The third kappa shape index (κ3) is 2.25. The van der Waals surface area contributed by atoms with Gasteiger partial charge in [0.1, 0.15) is 5.75 Å². The first-order valence-electron chi connectivity index (χ1n) is 9.20. The average Bonchev–Trinajstić information content (AvgIpc) is 2.65. The minimum atomic E-state index is -2.88. The van der Waals surface area contributed by atoms with Gasteiger partial charge in [-0.25, -0.2) is 0 Å². The van der Waals surface area contributed by atoms with Crippen LogP contribution < -0.4 is 5.73 Å². The van der Waals surface area contributed by atoms with Crippen LogP contribution in [0.4, 0.5) is 0 Å². The zero-order chi connectivity index (χ0) is 21.4. The molecule has 2 unspecified atom stereocenters. The summed E-state index contributed by atoms with van der Waals surface area (Å²) in [5.41, 5.74) is 2.55. The van der Waals surface area contributed by atoms with Gasteiger partial charge in [0.05, 0.1) is 17.6 Å². The smallest absolute Gasteiger partial charge is 0.235 e. The maximum absolute atomic E-state index is 13.3. The van der Waals surface area contributed by atoms with Crippen molar-refractivity contribution < 1.29 is 39.3 Å². The molecule has 0 aliphatic heterocycles. The summed E-state index contributed by atoms with van der Waals surface area (Å²) in [6.07, 6.45) is -2.14. The molecule has 5 N–H and O–H groups in total. The van der Waals surface area contributed by atoms with Gasteiger partial charge >= 0.3 is 0 Å². The quantitative estimate of drug-likeness (QED) is 0.427. The van der Waals surface area contributed by atoms with Crippen molar-refractivity contribution in [2.24, 2.45) is 29.4 Å². The third-order valence-electron chi connectivity index (χ3n) is 6.72. The van der Waals surface area contributed by atoms with Gasteiger partial charge in [0.15, 0.2) is 34.7 Å². The molecular formula is C20H19NO8. The van der Waals surface area contributed by atoms with Crippen LogP contribution >= 0.6 is 0 Å². The lowest BCUT2D eigenvalue weighted by Gasteiger charge is -2.52. The van der Waals surface area contributed by atoms with Gasteiger partial charge in [-0.05, 0) is 17.5 Å². The summed E-state index contributed by atoms with van der Waals surface area (Å²) in [6, 6.07) is 4.39. The highest BCUT2D eigenvalue weighted by Crippen LogP contribution is 2.53. The summed E-state index contributed by atoms with van der Waals surface area (Å²) in [7, 11) is 0. The molecule has 3 aliphatic rings. The highest BCUT2D eigenvalue weighted by molar-refractivity contribution is 6.31. The third-order valence-corrected chi connectivity index (χ3v) is 6.72. The number of carbonyl (C=O) groups excluding carboxylic acids is 5. The molecule has 2 fully saturated rings. The van der Waals surface area contributed by atoms with Gasteiger partial charge in [-0.15, -0.1) is 0 Å². The molecule has 0 aromatic heterocycles. The van der Waals surface area contributed by atoms with Crippen LogP contribution in [0, 0.1) is 23.7 Å². The van der Waals surface area contributed by atoms with E-state index in [9.17, 15) is 39.3 Å². The maximum Gasteiger partial charge on any atom is 0.235 e. The van der Waals surface area contributed by atoms with Gasteiger partial charge in [0.2, 0.25) is 5.91 Å². The first-order chi connectivity index (χ1) is 13.5. The molecule has 3 aliphatic carbocycles. The van der Waals surface area contributed by atoms with Gasteiger partial charge < -0.3 is 21.1 Å². The van der Waals surface area contributed by atoms with E-state index in [0.717, 1.165) is 0 Å². The summed E-state index contributed by atoms with van der Waals surface area (Å²) in [5, 5.41) is 32.2. The lowest BCUT2D eigenvalue weighted by Crippen LogP contribution is -2.72. The summed E-state index contributed by atoms with van der Waals surface area (Å²) in [4.78, 5) is 63.1. The Morgan fingerprint density at radius 3 is 2.45 bits per heavy atom. The molecule has 9 nitrogen and oxygen atoms in total. The van der Waals surface area contributed by atoms with Crippen LogP contribution in [0.15, 0.2) is 18.2 Å². The minimum absolute atomic E-state index is 0.102. The number of benzene rings is 1. The number of hydrogen-bond acceptors (Lipinski definition) is 8. The number of rotatable bonds is 1. The fraction of sp³-hybridized carbons (Fsp3) is 0.450. The van der Waals surface area contributed by atoms with Crippen molar-refractivity contribution in [3.63, 3.8) is 0 Å². The molecule has 7 atom stereocenters. The van der Waals surface area contributed by atoms with Gasteiger partial charge in [0.25, 0.3) is 0 Å². The van der Waals surface area contributed by atoms with Gasteiger partial charge in [0, 0.05) is 18.3 Å². The van der Waals surface area contributed by atoms with E-state index < -0.39 is 76.8 Å². The summed E-state index contributed by atoms with van der Waals surface area (Å²) < 4.78 is 0. The van der Waals surface area contributed by atoms with E-state index in [-0.39, 0.29) is 11.3 Å². The van der Waals surface area contributed by atoms with Crippen LogP contribution in [0.3, 0.4) is 0 Å². The van der Waals surface area contributed by atoms with Crippen molar-refractivity contribution in [2.75, 3.05) is 0 Å². The Hall–Kier alpha value is -2.91. The van der Waals surface area contributed by atoms with E-state index >= 15 is 0 Å². The van der Waals surface area contributed by atoms with E-state index in [1.807, 2.05) is 0 Å². The topological polar surface area (TPSA) is 172 Å². The predicted octanol–water partition coefficient (Wildman–Crippen LogP) is -1.14. The van der Waals surface area contributed by atoms with Crippen LogP contribution in [0.2, 0.25) is 0 Å². The number of hydrogen-bond donors (Lipinski definition) is 4. The highest BCUT2D eigenvalue weighted by Gasteiger charge is 2.69. The van der Waals surface area contributed by atoms with Crippen LogP contribution in [-0.4, -0.2) is 56.1 Å². The normalized spacial score (nSPS) is 38.9. The second-order valence-corrected chi connectivity index (χ2v) is 8.05. The molecular weight excluding hydrogens is 382 g/mol. The Balaban J connectivity index is 1.90. The molecule has 29 heavy (non-hydrogen) atoms. The Labute approximate surface area is 164 Å². The molecule has 0 heterocycles. The number of fused-ring (bicyclic) bond motifs is 3. The molecule has 1 amide bonds. The zero-order valence-corrected chi connectivity index (χ0v) is 15.4. The molecule has 0 bridgehead atoms. The Morgan fingerprint density at radius 2 is 1.83 bits per heavy atom. The number of ketones is 4. The lowest BCUT2D eigenvalue weighted by molar-refractivity contribution is -0.189. The number of carbonyl (C=O) groups is 5. The van der Waals surface area contributed by atoms with Gasteiger partial charge in [-0.3, -0.25) is 24.0 Å². The molecule has 1 aromatic carbocycles. The van der Waals surface area contributed by atoms with Crippen LogP contribution in [0.1, 0.15) is 35.2 Å². The van der Waals surface area contributed by atoms with Crippen LogP contribution in [-0.2, 0) is 19.2 Å². The Morgan fingerprint density at radius 1 is 1.17 bits per heavy atom. The van der Waals surface area contributed by atoms with Crippen LogP contribution in [0.25, 0.3) is 0 Å². The van der Waals surface area contributed by atoms with Crippen LogP contribution in [0.5, 0.6) is 5.75 Å². The molecule has 1 aromatic rings. The number of nitrogens with two attached hydrogens (primary N) is 1. The zero-order valence-electron chi connectivity index (χ0n) is 15.4. The number of amides is 1. The van der Waals surface area contributed by atoms with Crippen molar-refractivity contribution in [3.05, 3.63) is 29.3 Å². The number of Topliss-reactive ketones (excluding diaryl/α,β-unsaturated/α-hetero) is 4. The largest absolute Gasteiger partial charge is 0.507 e. The number of primary amides is 1. The second kappa shape index (κ2) is 6.04. The summed E-state index contributed by atoms with van der Waals surface area (Å²) >= 11 is 0. The number of aliphatic hydroxyl groups excluding tert-OH is 1. The number of phenolic OH excluding ortho intramolecular Hbond substituents is 1. The second-order valence-electron chi connectivity index (χ2n) is 8.05. The monoisotopic (exact) mass is 401 g/mol. The fourth-order valence-electron chi connectivity index (χ4n) is 5.32. The van der Waals surface area contributed by atoms with Crippen molar-refractivity contribution in [1.82, 2.24) is 0 Å². The number of aromatic hydroxyl groups is 1. The molecule has 9 heteroatoms. The van der Waals surface area contributed by atoms with Crippen molar-refractivity contribution in [3.8, 4) is 5.75 Å². The van der Waals surface area contributed by atoms with Crippen molar-refractivity contribution in [1.29, 1.82) is 0 Å². The SMILES string of the molecule is C[C@H]1c2cccc(O)c2C(=O)C2C(=O)[C@]3(O)C(=O)C(C(N)=O)C(=O)C[C@@H]3[C@@H](O)[C@@H]21. The number of aliphatic hydroxyl groups is 2. The van der Waals surface area contributed by atoms with E-state index in [1.165, 1.54) is 12.1 Å². The van der Waals surface area contributed by atoms with Crippen molar-refractivity contribution in [2.45, 2.75) is 31.0 Å². The van der Waals surface area contributed by atoms with Gasteiger partial charge in [-0.2, -0.15) is 0 Å². The van der Waals surface area contributed by atoms with Crippen molar-refractivity contribution >= 4 is 29.0 Å². The first-order valence-corrected chi connectivity index (χ1v) is 9.20. The lowest BCUT2D eigenvalue weighted by atomic mass is 9.50. The van der Waals surface area contributed by atoms with E-state index in [1.54, 1.807) is 13.0 Å². The maximum atomic E-state index is 13.3.